The number of nitrogens with one attached hydrogen (secondary N) is 1. The van der Waals surface area contributed by atoms with Crippen molar-refractivity contribution in [2.75, 3.05) is 0 Å². The van der Waals surface area contributed by atoms with Gasteiger partial charge in [-0.15, -0.1) is 0 Å². The molecule has 0 fully saturated rings. The van der Waals surface area contributed by atoms with Crippen LogP contribution < -0.4 is 0 Å². The molecule has 268 valence electrons. The average molecular weight is 666 g/mol. The van der Waals surface area contributed by atoms with Crippen LogP contribution in [0.3, 0.4) is 0 Å². The highest BCUT2D eigenvalue weighted by Crippen LogP contribution is 2.07. The lowest BCUT2D eigenvalue weighted by molar-refractivity contribution is 0.517. The summed E-state index contributed by atoms with van der Waals surface area (Å²) in [6.45, 7) is 23.4. The van der Waals surface area contributed by atoms with Gasteiger partial charge in [-0.25, -0.2) is 4.98 Å². The summed E-state index contributed by atoms with van der Waals surface area (Å²) in [5, 5.41) is 0. The van der Waals surface area contributed by atoms with Crippen LogP contribution in [0, 0.1) is 29.6 Å². The van der Waals surface area contributed by atoms with Crippen molar-refractivity contribution >= 4 is 0 Å². The summed E-state index contributed by atoms with van der Waals surface area (Å²) in [7, 11) is 0. The molecule has 1 aromatic carbocycles. The first kappa shape index (κ1) is 43.0. The fraction of sp³-hybridized carbons (Fsp3) is 0.477. The molecule has 5 aromatic rings. The lowest BCUT2D eigenvalue weighted by Gasteiger charge is -2.04. The maximum atomic E-state index is 4.22. The lowest BCUT2D eigenvalue weighted by atomic mass is 10.0. The Labute approximate surface area is 300 Å². The topological polar surface area (TPSA) is 59.4 Å². The van der Waals surface area contributed by atoms with E-state index < -0.39 is 0 Å². The minimum absolute atomic E-state index is 0.704. The van der Waals surface area contributed by atoms with Crippen molar-refractivity contribution in [1.82, 2.24) is 24.5 Å². The third-order valence-corrected chi connectivity index (χ3v) is 7.01. The zero-order valence-electron chi connectivity index (χ0n) is 32.4. The number of imidazole rings is 1. The molecule has 0 bridgehead atoms. The number of nitrogens with zero attached hydrogens (tertiary/aromatic N) is 4. The molecule has 5 nitrogen and oxygen atoms in total. The Morgan fingerprint density at radius 1 is 0.531 bits per heavy atom. The molecule has 5 heteroatoms. The van der Waals surface area contributed by atoms with Crippen molar-refractivity contribution in [2.24, 2.45) is 29.6 Å². The van der Waals surface area contributed by atoms with Crippen molar-refractivity contribution in [2.45, 2.75) is 108 Å². The summed E-state index contributed by atoms with van der Waals surface area (Å²) in [6.07, 6.45) is 19.2. The van der Waals surface area contributed by atoms with Crippen LogP contribution in [0.5, 0.6) is 0 Å². The Bertz CT molecular complexity index is 1250. The maximum absolute atomic E-state index is 4.22. The van der Waals surface area contributed by atoms with Crippen molar-refractivity contribution in [3.8, 4) is 0 Å². The number of aromatic amines is 1. The molecule has 49 heavy (non-hydrogen) atoms. The summed E-state index contributed by atoms with van der Waals surface area (Å²) in [6, 6.07) is 24.9. The SMILES string of the molecule is CC(C)CCn1cccc1.CC(C)Cc1ccccc1.CC(C)Cc1ccccn1.CC(C)Cc1cccnc1.CC(C)Cc1cnc[nH]1. The van der Waals surface area contributed by atoms with E-state index in [4.69, 9.17) is 0 Å². The molecular formula is C44H67N5. The molecule has 0 atom stereocenters. The zero-order valence-corrected chi connectivity index (χ0v) is 32.4. The first-order valence-corrected chi connectivity index (χ1v) is 18.3. The molecule has 0 aliphatic heterocycles. The number of hydrogen-bond donors (Lipinski definition) is 1. The van der Waals surface area contributed by atoms with Gasteiger partial charge in [0.2, 0.25) is 0 Å². The summed E-state index contributed by atoms with van der Waals surface area (Å²) >= 11 is 0. The molecular weight excluding hydrogens is 599 g/mol. The smallest absolute Gasteiger partial charge is 0.0921 e. The van der Waals surface area contributed by atoms with E-state index >= 15 is 0 Å². The Kier molecular flexibility index (Phi) is 23.6. The summed E-state index contributed by atoms with van der Waals surface area (Å²) in [5.41, 5.74) is 5.19. The number of pyridine rings is 2. The Morgan fingerprint density at radius 3 is 1.61 bits per heavy atom. The number of hydrogen-bond acceptors (Lipinski definition) is 3. The van der Waals surface area contributed by atoms with E-state index in [-0.39, 0.29) is 0 Å². The van der Waals surface area contributed by atoms with E-state index in [1.54, 1.807) is 6.33 Å². The van der Waals surface area contributed by atoms with E-state index in [0.717, 1.165) is 43.6 Å². The first-order chi connectivity index (χ1) is 23.4. The van der Waals surface area contributed by atoms with Crippen molar-refractivity contribution in [1.29, 1.82) is 0 Å². The van der Waals surface area contributed by atoms with Gasteiger partial charge in [0, 0.05) is 55.1 Å². The molecule has 0 radical (unpaired) electrons. The van der Waals surface area contributed by atoms with Gasteiger partial charge in [0.1, 0.15) is 0 Å². The molecule has 4 heterocycles. The molecule has 0 saturated heterocycles. The third kappa shape index (κ3) is 25.7. The normalized spacial score (nSPS) is 10.4. The fourth-order valence-corrected chi connectivity index (χ4v) is 4.78. The standard InChI is InChI=1S/C10H14.C9H15N.2C9H13N.C7H12N2/c1-9(2)8-10-6-4-3-5-7-10;1-9(2)5-8-10-6-3-4-7-10;1-8(2)6-9-4-3-5-10-7-9;1-8(2)7-9-5-3-4-6-10-9;1-6(2)3-7-4-8-5-9-7/h3-7,9H,8H2,1-2H3;3-4,6-7,9H,5,8H2,1-2H3;3-5,7-8H,6H2,1-2H3;3-6,8H,7H2,1-2H3;4-6H,3H2,1-2H3,(H,8,9). The Morgan fingerprint density at radius 2 is 1.12 bits per heavy atom. The number of benzene rings is 1. The molecule has 4 aromatic heterocycles. The van der Waals surface area contributed by atoms with Gasteiger partial charge in [0.15, 0.2) is 0 Å². The minimum Gasteiger partial charge on any atom is -0.354 e. The van der Waals surface area contributed by atoms with E-state index in [2.05, 4.69) is 161 Å². The maximum Gasteiger partial charge on any atom is 0.0921 e. The van der Waals surface area contributed by atoms with Crippen molar-refractivity contribution < 1.29 is 0 Å². The van der Waals surface area contributed by atoms with Gasteiger partial charge in [-0.05, 0) is 103 Å². The second-order valence-corrected chi connectivity index (χ2v) is 14.7. The highest BCUT2D eigenvalue weighted by molar-refractivity contribution is 5.14. The summed E-state index contributed by atoms with van der Waals surface area (Å²) in [5.74, 6) is 3.72. The largest absolute Gasteiger partial charge is 0.354 e. The van der Waals surface area contributed by atoms with Gasteiger partial charge in [-0.3, -0.25) is 9.97 Å². The number of aromatic nitrogens is 5. The Balaban J connectivity index is 0.000000306. The second kappa shape index (κ2) is 26.9. The number of aryl methyl sites for hydroxylation is 1. The predicted octanol–water partition coefficient (Wildman–Crippen LogP) is 11.6. The van der Waals surface area contributed by atoms with Crippen LogP contribution in [0.15, 0.2) is 116 Å². The van der Waals surface area contributed by atoms with Crippen LogP contribution in [0.25, 0.3) is 0 Å². The quantitative estimate of drug-likeness (QED) is 0.153. The molecule has 1 N–H and O–H groups in total. The lowest BCUT2D eigenvalue weighted by Crippen LogP contribution is -1.97. The molecule has 0 aliphatic rings. The molecule has 0 saturated carbocycles. The van der Waals surface area contributed by atoms with Gasteiger partial charge in [-0.1, -0.05) is 112 Å². The van der Waals surface area contributed by atoms with E-state index in [1.165, 1.54) is 35.4 Å². The van der Waals surface area contributed by atoms with Crippen LogP contribution in [0.4, 0.5) is 0 Å². The van der Waals surface area contributed by atoms with Crippen molar-refractivity contribution in [3.05, 3.63) is 139 Å². The highest BCUT2D eigenvalue weighted by Gasteiger charge is 1.98. The molecule has 0 aliphatic carbocycles. The van der Waals surface area contributed by atoms with Gasteiger partial charge < -0.3 is 9.55 Å². The molecule has 0 spiro atoms. The third-order valence-electron chi connectivity index (χ3n) is 7.01. The monoisotopic (exact) mass is 666 g/mol. The van der Waals surface area contributed by atoms with Gasteiger partial charge in [0.05, 0.1) is 6.33 Å². The second-order valence-electron chi connectivity index (χ2n) is 14.7. The van der Waals surface area contributed by atoms with Crippen LogP contribution in [0.1, 0.15) is 98.2 Å². The molecule has 5 rings (SSSR count). The van der Waals surface area contributed by atoms with Gasteiger partial charge >= 0.3 is 0 Å². The fourth-order valence-electron chi connectivity index (χ4n) is 4.78. The highest BCUT2D eigenvalue weighted by atomic mass is 14.9. The van der Waals surface area contributed by atoms with Crippen molar-refractivity contribution in [3.63, 3.8) is 0 Å². The van der Waals surface area contributed by atoms with Crippen LogP contribution >= 0.6 is 0 Å². The van der Waals surface area contributed by atoms with E-state index in [0.29, 0.717) is 11.8 Å². The first-order valence-electron chi connectivity index (χ1n) is 18.3. The minimum atomic E-state index is 0.704. The molecule has 0 unspecified atom stereocenters. The molecule has 0 amide bonds. The van der Waals surface area contributed by atoms with Gasteiger partial charge in [0.25, 0.3) is 0 Å². The number of rotatable bonds is 11. The van der Waals surface area contributed by atoms with E-state index in [9.17, 15) is 0 Å². The Hall–Kier alpha value is -3.99. The van der Waals surface area contributed by atoms with Gasteiger partial charge in [-0.2, -0.15) is 0 Å². The van der Waals surface area contributed by atoms with Crippen LogP contribution in [-0.4, -0.2) is 24.5 Å². The summed E-state index contributed by atoms with van der Waals surface area (Å²) in [4.78, 5) is 15.2. The predicted molar refractivity (Wildman–Crippen MR) is 212 cm³/mol. The van der Waals surface area contributed by atoms with Crippen LogP contribution in [-0.2, 0) is 32.2 Å². The van der Waals surface area contributed by atoms with Crippen LogP contribution in [0.2, 0.25) is 0 Å². The average Bonchev–Trinajstić information content (AvgIpc) is 3.77. The number of H-pyrrole nitrogens is 1. The zero-order chi connectivity index (χ0) is 36.3. The summed E-state index contributed by atoms with van der Waals surface area (Å²) < 4.78 is 2.22. The van der Waals surface area contributed by atoms with E-state index in [1.807, 2.05) is 43.0 Å².